The number of ketones is 1. The molecule has 0 atom stereocenters. The third-order valence-corrected chi connectivity index (χ3v) is 3.99. The smallest absolute Gasteiger partial charge is 0.270 e. The van der Waals surface area contributed by atoms with Crippen LogP contribution in [-0.2, 0) is 6.54 Å². The maximum Gasteiger partial charge on any atom is 0.270 e. The first-order valence-electron chi connectivity index (χ1n) is 8.56. The van der Waals surface area contributed by atoms with E-state index in [4.69, 9.17) is 0 Å². The van der Waals surface area contributed by atoms with E-state index < -0.39 is 0 Å². The summed E-state index contributed by atoms with van der Waals surface area (Å²) >= 11 is 0. The van der Waals surface area contributed by atoms with Crippen molar-refractivity contribution in [2.75, 3.05) is 5.32 Å². The first kappa shape index (κ1) is 18.3. The minimum Gasteiger partial charge on any atom is -0.347 e. The Hall–Kier alpha value is -3.54. The van der Waals surface area contributed by atoms with Crippen molar-refractivity contribution in [3.8, 4) is 0 Å². The Morgan fingerprint density at radius 1 is 1.04 bits per heavy atom. The van der Waals surface area contributed by atoms with Crippen LogP contribution < -0.4 is 10.6 Å². The van der Waals surface area contributed by atoms with Gasteiger partial charge in [-0.1, -0.05) is 42.0 Å². The van der Waals surface area contributed by atoms with E-state index in [-0.39, 0.29) is 17.4 Å². The van der Waals surface area contributed by atoms with E-state index in [9.17, 15) is 9.59 Å². The van der Waals surface area contributed by atoms with Crippen molar-refractivity contribution in [2.45, 2.75) is 20.4 Å². The van der Waals surface area contributed by atoms with Gasteiger partial charge in [-0.25, -0.2) is 9.97 Å². The Kier molecular flexibility index (Phi) is 5.56. The van der Waals surface area contributed by atoms with Crippen LogP contribution in [0.4, 0.5) is 11.6 Å². The molecule has 27 heavy (non-hydrogen) atoms. The summed E-state index contributed by atoms with van der Waals surface area (Å²) in [5.74, 6) is -0.0130. The number of aryl methyl sites for hydroxylation is 1. The third-order valence-electron chi connectivity index (χ3n) is 3.99. The molecule has 0 spiro atoms. The molecule has 6 heteroatoms. The number of nitrogens with one attached hydrogen (secondary N) is 2. The van der Waals surface area contributed by atoms with Gasteiger partial charge < -0.3 is 10.6 Å². The molecule has 0 aliphatic carbocycles. The van der Waals surface area contributed by atoms with Gasteiger partial charge in [-0.3, -0.25) is 9.59 Å². The molecule has 1 amide bonds. The summed E-state index contributed by atoms with van der Waals surface area (Å²) in [5, 5.41) is 5.87. The molecule has 3 aromatic rings. The Morgan fingerprint density at radius 2 is 1.81 bits per heavy atom. The molecule has 0 fully saturated rings. The predicted molar refractivity (Wildman–Crippen MR) is 104 cm³/mol. The van der Waals surface area contributed by atoms with Crippen molar-refractivity contribution < 1.29 is 9.59 Å². The number of aromatic nitrogens is 2. The highest BCUT2D eigenvalue weighted by atomic mass is 16.1. The van der Waals surface area contributed by atoms with E-state index in [1.54, 1.807) is 30.3 Å². The Labute approximate surface area is 157 Å². The number of benzene rings is 2. The summed E-state index contributed by atoms with van der Waals surface area (Å²) in [5.41, 5.74) is 3.72. The summed E-state index contributed by atoms with van der Waals surface area (Å²) < 4.78 is 0. The van der Waals surface area contributed by atoms with Crippen LogP contribution in [0.3, 0.4) is 0 Å². The second-order valence-corrected chi connectivity index (χ2v) is 6.20. The fraction of sp³-hybridized carbons (Fsp3) is 0.143. The average Bonchev–Trinajstić information content (AvgIpc) is 2.67. The lowest BCUT2D eigenvalue weighted by Crippen LogP contribution is -2.24. The quantitative estimate of drug-likeness (QED) is 0.656. The van der Waals surface area contributed by atoms with Gasteiger partial charge in [0.15, 0.2) is 5.78 Å². The number of Topliss-reactive ketones (excluding diaryl/α,β-unsaturated/α-hetero) is 1. The lowest BCUT2D eigenvalue weighted by molar-refractivity contribution is 0.0945. The van der Waals surface area contributed by atoms with Gasteiger partial charge in [0.05, 0.1) is 0 Å². The zero-order valence-electron chi connectivity index (χ0n) is 15.2. The number of anilines is 2. The second kappa shape index (κ2) is 8.23. The first-order valence-corrected chi connectivity index (χ1v) is 8.56. The van der Waals surface area contributed by atoms with Crippen LogP contribution in [0.2, 0.25) is 0 Å². The summed E-state index contributed by atoms with van der Waals surface area (Å²) in [4.78, 5) is 32.2. The maximum atomic E-state index is 12.4. The minimum absolute atomic E-state index is 0.0243. The van der Waals surface area contributed by atoms with Gasteiger partial charge in [0.2, 0.25) is 5.95 Å². The molecule has 1 aromatic heterocycles. The van der Waals surface area contributed by atoms with E-state index in [1.165, 1.54) is 18.7 Å². The highest BCUT2D eigenvalue weighted by Gasteiger charge is 2.09. The molecule has 0 saturated carbocycles. The van der Waals surface area contributed by atoms with Crippen LogP contribution in [0.15, 0.2) is 60.8 Å². The van der Waals surface area contributed by atoms with Gasteiger partial charge in [-0.05, 0) is 37.6 Å². The summed E-state index contributed by atoms with van der Waals surface area (Å²) in [7, 11) is 0. The molecule has 1 heterocycles. The van der Waals surface area contributed by atoms with E-state index in [1.807, 2.05) is 31.2 Å². The van der Waals surface area contributed by atoms with Crippen LogP contribution in [0.1, 0.15) is 38.9 Å². The topological polar surface area (TPSA) is 84.0 Å². The van der Waals surface area contributed by atoms with E-state index in [0.29, 0.717) is 23.7 Å². The first-order chi connectivity index (χ1) is 13.0. The molecular weight excluding hydrogens is 340 g/mol. The SMILES string of the molecule is CC(=O)c1cccc(Nc2nccc(C(=O)NCc3ccc(C)cc3)n2)c1. The molecular formula is C21H20N4O2. The number of amides is 1. The molecule has 3 rings (SSSR count). The predicted octanol–water partition coefficient (Wildman–Crippen LogP) is 3.66. The molecule has 0 aliphatic rings. The van der Waals surface area contributed by atoms with Crippen molar-refractivity contribution >= 4 is 23.3 Å². The second-order valence-electron chi connectivity index (χ2n) is 6.20. The van der Waals surface area contributed by atoms with E-state index >= 15 is 0 Å². The zero-order valence-corrected chi connectivity index (χ0v) is 15.2. The number of carbonyl (C=O) groups is 2. The largest absolute Gasteiger partial charge is 0.347 e. The van der Waals surface area contributed by atoms with Gasteiger partial charge in [-0.2, -0.15) is 0 Å². The lowest BCUT2D eigenvalue weighted by atomic mass is 10.1. The number of rotatable bonds is 6. The summed E-state index contributed by atoms with van der Waals surface area (Å²) in [6.07, 6.45) is 1.52. The van der Waals surface area contributed by atoms with Gasteiger partial charge >= 0.3 is 0 Å². The zero-order chi connectivity index (χ0) is 19.2. The molecule has 0 bridgehead atoms. The maximum absolute atomic E-state index is 12.4. The highest BCUT2D eigenvalue weighted by molar-refractivity contribution is 5.95. The van der Waals surface area contributed by atoms with Gasteiger partial charge in [-0.15, -0.1) is 0 Å². The van der Waals surface area contributed by atoms with Crippen molar-refractivity contribution in [1.82, 2.24) is 15.3 Å². The van der Waals surface area contributed by atoms with Crippen LogP contribution in [0.25, 0.3) is 0 Å². The summed E-state index contributed by atoms with van der Waals surface area (Å²) in [6, 6.07) is 16.6. The molecule has 0 unspecified atom stereocenters. The van der Waals surface area contributed by atoms with Gasteiger partial charge in [0.1, 0.15) is 5.69 Å². The molecule has 0 aliphatic heterocycles. The Bertz CT molecular complexity index is 968. The Morgan fingerprint density at radius 3 is 2.56 bits per heavy atom. The molecule has 2 N–H and O–H groups in total. The minimum atomic E-state index is -0.279. The Balaban J connectivity index is 1.67. The number of hydrogen-bond donors (Lipinski definition) is 2. The monoisotopic (exact) mass is 360 g/mol. The average molecular weight is 360 g/mol. The fourth-order valence-corrected chi connectivity index (χ4v) is 2.47. The lowest BCUT2D eigenvalue weighted by Gasteiger charge is -2.08. The van der Waals surface area contributed by atoms with Crippen molar-refractivity contribution in [1.29, 1.82) is 0 Å². The van der Waals surface area contributed by atoms with Crippen LogP contribution in [0.5, 0.6) is 0 Å². The molecule has 136 valence electrons. The standard InChI is InChI=1S/C21H20N4O2/c1-14-6-8-16(9-7-14)13-23-20(27)19-10-11-22-21(25-19)24-18-5-3-4-17(12-18)15(2)26/h3-12H,13H2,1-2H3,(H,23,27)(H,22,24,25). The van der Waals surface area contributed by atoms with Crippen LogP contribution >= 0.6 is 0 Å². The fourth-order valence-electron chi connectivity index (χ4n) is 2.47. The molecule has 2 aromatic carbocycles. The molecule has 0 radical (unpaired) electrons. The van der Waals surface area contributed by atoms with Gasteiger partial charge in [0, 0.05) is 24.0 Å². The van der Waals surface area contributed by atoms with E-state index in [0.717, 1.165) is 5.56 Å². The van der Waals surface area contributed by atoms with Crippen LogP contribution in [-0.4, -0.2) is 21.7 Å². The third kappa shape index (κ3) is 4.98. The van der Waals surface area contributed by atoms with E-state index in [2.05, 4.69) is 20.6 Å². The van der Waals surface area contributed by atoms with Crippen molar-refractivity contribution in [2.24, 2.45) is 0 Å². The van der Waals surface area contributed by atoms with Gasteiger partial charge in [0.25, 0.3) is 5.91 Å². The highest BCUT2D eigenvalue weighted by Crippen LogP contribution is 2.15. The normalized spacial score (nSPS) is 10.3. The number of nitrogens with zero attached hydrogens (tertiary/aromatic N) is 2. The molecule has 6 nitrogen and oxygen atoms in total. The number of hydrogen-bond acceptors (Lipinski definition) is 5. The van der Waals surface area contributed by atoms with Crippen molar-refractivity contribution in [3.05, 3.63) is 83.2 Å². The number of carbonyl (C=O) groups excluding carboxylic acids is 2. The summed E-state index contributed by atoms with van der Waals surface area (Å²) in [6.45, 7) is 3.95. The van der Waals surface area contributed by atoms with Crippen molar-refractivity contribution in [3.63, 3.8) is 0 Å². The van der Waals surface area contributed by atoms with Crippen LogP contribution in [0, 0.1) is 6.92 Å². The molecule has 0 saturated heterocycles.